The van der Waals surface area contributed by atoms with Crippen molar-refractivity contribution >= 4 is 34.1 Å². The number of amides is 1. The van der Waals surface area contributed by atoms with Gasteiger partial charge in [-0.15, -0.1) is 0 Å². The maximum Gasteiger partial charge on any atom is 0.303 e. The summed E-state index contributed by atoms with van der Waals surface area (Å²) < 4.78 is 15.4. The molecule has 2 fully saturated rings. The maximum absolute atomic E-state index is 14.1. The van der Waals surface area contributed by atoms with Gasteiger partial charge < -0.3 is 19.5 Å². The first-order valence-electron chi connectivity index (χ1n) is 14.5. The largest absolute Gasteiger partial charge is 0.481 e. The topological polar surface area (TPSA) is 65.8 Å². The minimum Gasteiger partial charge on any atom is -0.481 e. The fourth-order valence-corrected chi connectivity index (χ4v) is 7.52. The summed E-state index contributed by atoms with van der Waals surface area (Å²) in [5.41, 5.74) is 4.11. The molecule has 41 heavy (non-hydrogen) atoms. The summed E-state index contributed by atoms with van der Waals surface area (Å²) in [7, 11) is 0. The second-order valence-corrected chi connectivity index (χ2v) is 12.3. The van der Waals surface area contributed by atoms with Crippen LogP contribution >= 0.6 is 11.3 Å². The zero-order valence-electron chi connectivity index (χ0n) is 23.1. The number of carboxylic acids is 1. The summed E-state index contributed by atoms with van der Waals surface area (Å²) in [6.45, 7) is 4.94. The molecule has 2 aromatic carbocycles. The van der Waals surface area contributed by atoms with Crippen LogP contribution in [0.5, 0.6) is 0 Å². The van der Waals surface area contributed by atoms with Gasteiger partial charge in [-0.25, -0.2) is 4.39 Å². The number of carbonyl (C=O) groups is 2. The van der Waals surface area contributed by atoms with Crippen molar-refractivity contribution < 1.29 is 19.1 Å². The Morgan fingerprint density at radius 3 is 2.51 bits per heavy atom. The van der Waals surface area contributed by atoms with Crippen LogP contribution < -0.4 is 0 Å². The number of aromatic nitrogens is 1. The van der Waals surface area contributed by atoms with E-state index in [2.05, 4.69) is 21.7 Å². The van der Waals surface area contributed by atoms with Crippen molar-refractivity contribution in [1.82, 2.24) is 14.4 Å². The lowest BCUT2D eigenvalue weighted by Crippen LogP contribution is -2.38. The number of halogens is 1. The minimum atomic E-state index is -0.806. The van der Waals surface area contributed by atoms with E-state index in [1.54, 1.807) is 23.5 Å². The lowest BCUT2D eigenvalue weighted by atomic mass is 9.87. The van der Waals surface area contributed by atoms with E-state index in [-0.39, 0.29) is 18.1 Å². The van der Waals surface area contributed by atoms with E-state index in [9.17, 15) is 14.0 Å². The summed E-state index contributed by atoms with van der Waals surface area (Å²) in [5.74, 6) is 0.160. The Balaban J connectivity index is 1.17. The third-order valence-corrected chi connectivity index (χ3v) is 9.63. The van der Waals surface area contributed by atoms with Gasteiger partial charge in [0, 0.05) is 50.1 Å². The molecule has 4 heterocycles. The predicted octanol–water partition coefficient (Wildman–Crippen LogP) is 6.44. The highest BCUT2D eigenvalue weighted by Crippen LogP contribution is 2.37. The molecule has 2 aliphatic rings. The average molecular weight is 574 g/mol. The van der Waals surface area contributed by atoms with Crippen LogP contribution in [0.4, 0.5) is 4.39 Å². The van der Waals surface area contributed by atoms with Crippen LogP contribution in [0.1, 0.15) is 59.0 Å². The van der Waals surface area contributed by atoms with E-state index in [1.165, 1.54) is 11.1 Å². The lowest BCUT2D eigenvalue weighted by molar-refractivity contribution is -0.137. The monoisotopic (exact) mass is 573 g/mol. The average Bonchev–Trinajstić information content (AvgIpc) is 3.74. The van der Waals surface area contributed by atoms with Crippen LogP contribution in [0.15, 0.2) is 71.6 Å². The number of carbonyl (C=O) groups excluding carboxylic acids is 1. The number of hydrogen-bond donors (Lipinski definition) is 1. The number of piperidine rings is 1. The van der Waals surface area contributed by atoms with Crippen LogP contribution in [-0.4, -0.2) is 64.1 Å². The highest BCUT2D eigenvalue weighted by Gasteiger charge is 2.38. The first kappa shape index (κ1) is 27.7. The number of aliphatic carboxylic acids is 1. The highest BCUT2D eigenvalue weighted by molar-refractivity contribution is 7.08. The van der Waals surface area contributed by atoms with Gasteiger partial charge in [0.1, 0.15) is 5.82 Å². The van der Waals surface area contributed by atoms with Gasteiger partial charge >= 0.3 is 5.97 Å². The minimum absolute atomic E-state index is 0.0477. The van der Waals surface area contributed by atoms with E-state index in [0.29, 0.717) is 49.4 Å². The zero-order valence-corrected chi connectivity index (χ0v) is 23.9. The van der Waals surface area contributed by atoms with Gasteiger partial charge in [-0.2, -0.15) is 11.3 Å². The molecule has 0 spiro atoms. The molecule has 0 bridgehead atoms. The predicted molar refractivity (Wildman–Crippen MR) is 160 cm³/mol. The molecular weight excluding hydrogens is 537 g/mol. The summed E-state index contributed by atoms with van der Waals surface area (Å²) >= 11 is 1.71. The second kappa shape index (κ2) is 12.2. The van der Waals surface area contributed by atoms with E-state index in [4.69, 9.17) is 5.11 Å². The van der Waals surface area contributed by atoms with Gasteiger partial charge in [-0.05, 0) is 96.4 Å². The number of carboxylic acid groups (broad SMARTS) is 1. The van der Waals surface area contributed by atoms with Crippen molar-refractivity contribution in [2.45, 2.75) is 44.1 Å². The number of thiophene rings is 1. The van der Waals surface area contributed by atoms with Crippen LogP contribution in [0.2, 0.25) is 0 Å². The summed E-state index contributed by atoms with van der Waals surface area (Å²) in [6.07, 6.45) is 4.70. The van der Waals surface area contributed by atoms with E-state index < -0.39 is 5.97 Å². The van der Waals surface area contributed by atoms with E-state index in [1.807, 2.05) is 52.1 Å². The van der Waals surface area contributed by atoms with Gasteiger partial charge in [-0.3, -0.25) is 9.59 Å². The van der Waals surface area contributed by atoms with Gasteiger partial charge in [0.2, 0.25) is 0 Å². The molecule has 2 saturated heterocycles. The SMILES string of the molecule is O=C(O)CCCn1ccc2cccc(C(=O)N3CC(CN4CCC(c5ccc(F)cc5)CC4)C(c4ccsc4)C3)c21. The van der Waals surface area contributed by atoms with Crippen molar-refractivity contribution in [2.24, 2.45) is 5.92 Å². The number of fused-ring (bicyclic) bond motifs is 1. The molecule has 2 atom stereocenters. The maximum atomic E-state index is 14.1. The Kier molecular flexibility index (Phi) is 8.21. The number of nitrogens with zero attached hydrogens (tertiary/aromatic N) is 3. The van der Waals surface area contributed by atoms with Gasteiger partial charge in [-0.1, -0.05) is 24.3 Å². The summed E-state index contributed by atoms with van der Waals surface area (Å²) in [4.78, 5) is 29.7. The third-order valence-electron chi connectivity index (χ3n) is 8.93. The Bertz CT molecular complexity index is 1490. The lowest BCUT2D eigenvalue weighted by Gasteiger charge is -2.34. The fraction of sp³-hybridized carbons (Fsp3) is 0.394. The van der Waals surface area contributed by atoms with Crippen molar-refractivity contribution in [3.63, 3.8) is 0 Å². The van der Waals surface area contributed by atoms with Crippen molar-refractivity contribution in [2.75, 3.05) is 32.7 Å². The molecule has 214 valence electrons. The Morgan fingerprint density at radius 1 is 0.976 bits per heavy atom. The van der Waals surface area contributed by atoms with Gasteiger partial charge in [0.15, 0.2) is 0 Å². The molecule has 2 unspecified atom stereocenters. The third kappa shape index (κ3) is 6.09. The highest BCUT2D eigenvalue weighted by atomic mass is 32.1. The molecule has 8 heteroatoms. The summed E-state index contributed by atoms with van der Waals surface area (Å²) in [5, 5.41) is 14.4. The number of hydrogen-bond acceptors (Lipinski definition) is 4. The molecule has 0 saturated carbocycles. The number of rotatable bonds is 9. The van der Waals surface area contributed by atoms with E-state index >= 15 is 0 Å². The summed E-state index contributed by atoms with van der Waals surface area (Å²) in [6, 6.07) is 17.0. The molecule has 0 aliphatic carbocycles. The van der Waals surface area contributed by atoms with Crippen molar-refractivity contribution in [3.8, 4) is 0 Å². The van der Waals surface area contributed by atoms with Gasteiger partial charge in [0.25, 0.3) is 5.91 Å². The quantitative estimate of drug-likeness (QED) is 0.250. The number of para-hydroxylation sites is 1. The Morgan fingerprint density at radius 2 is 1.78 bits per heavy atom. The molecule has 2 aliphatic heterocycles. The van der Waals surface area contributed by atoms with E-state index in [0.717, 1.165) is 43.4 Å². The second-order valence-electron chi connectivity index (χ2n) is 11.5. The molecule has 2 aromatic heterocycles. The Hall–Kier alpha value is -3.49. The molecule has 4 aromatic rings. The first-order chi connectivity index (χ1) is 20.0. The molecular formula is C33H36FN3O3S. The number of likely N-dealkylation sites (tertiary alicyclic amines) is 2. The Labute approximate surface area is 244 Å². The molecule has 1 amide bonds. The van der Waals surface area contributed by atoms with Crippen LogP contribution in [-0.2, 0) is 11.3 Å². The van der Waals surface area contributed by atoms with Crippen LogP contribution in [0, 0.1) is 11.7 Å². The molecule has 1 N–H and O–H groups in total. The van der Waals surface area contributed by atoms with Gasteiger partial charge in [0.05, 0.1) is 11.1 Å². The normalized spacial score (nSPS) is 20.2. The van der Waals surface area contributed by atoms with Crippen LogP contribution in [0.25, 0.3) is 10.9 Å². The first-order valence-corrected chi connectivity index (χ1v) is 15.5. The van der Waals surface area contributed by atoms with Crippen LogP contribution in [0.3, 0.4) is 0 Å². The van der Waals surface area contributed by atoms with Crippen molar-refractivity contribution in [1.29, 1.82) is 0 Å². The molecule has 6 rings (SSSR count). The number of aryl methyl sites for hydroxylation is 1. The standard InChI is InChI=1S/C33H36FN3O3S/c34-28-8-6-23(7-9-28)24-10-15-35(16-11-24)19-27-20-37(21-30(27)26-13-18-41-22-26)33(40)29-4-1-3-25-12-17-36(32(25)29)14-2-5-31(38)39/h1,3-4,6-9,12-13,17-18,22,24,27,30H,2,5,10-11,14-16,19-21H2,(H,38,39). The smallest absolute Gasteiger partial charge is 0.303 e. The number of benzene rings is 2. The molecule has 6 nitrogen and oxygen atoms in total. The molecule has 0 radical (unpaired) electrons. The fourth-order valence-electron chi connectivity index (χ4n) is 6.79. The zero-order chi connectivity index (χ0) is 28.3. The van der Waals surface area contributed by atoms with Crippen molar-refractivity contribution in [3.05, 3.63) is 94.1 Å².